The summed E-state index contributed by atoms with van der Waals surface area (Å²) >= 11 is 1.67. The van der Waals surface area contributed by atoms with Gasteiger partial charge in [0, 0.05) is 6.42 Å². The lowest BCUT2D eigenvalue weighted by molar-refractivity contribution is 0.0140. The van der Waals surface area contributed by atoms with E-state index in [-0.39, 0.29) is 5.92 Å². The van der Waals surface area contributed by atoms with Crippen LogP contribution in [0.2, 0.25) is 0 Å². The van der Waals surface area contributed by atoms with Crippen LogP contribution >= 0.6 is 11.3 Å². The molecular weight excluding hydrogens is 218 g/mol. The highest BCUT2D eigenvalue weighted by Crippen LogP contribution is 2.27. The normalized spacial score (nSPS) is 15.6. The topological polar surface area (TPSA) is 33.1 Å². The lowest BCUT2D eigenvalue weighted by atomic mass is 9.90. The fourth-order valence-electron chi connectivity index (χ4n) is 1.51. The number of hydrogen-bond acceptors (Lipinski definition) is 3. The van der Waals surface area contributed by atoms with Crippen LogP contribution in [0, 0.1) is 5.92 Å². The largest absolute Gasteiger partial charge is 0.389 e. The summed E-state index contributed by atoms with van der Waals surface area (Å²) in [7, 11) is 0. The smallest absolute Gasteiger partial charge is 0.0967 e. The van der Waals surface area contributed by atoms with Gasteiger partial charge >= 0.3 is 0 Å². The third-order valence-corrected chi connectivity index (χ3v) is 4.13. The standard InChI is InChI=1S/C13H17NOS/c1-9(2)13(3,15)8-12-14-10-6-4-5-7-11(10)16-12/h4-7,9,15H,8H2,1-3H3. The van der Waals surface area contributed by atoms with Crippen LogP contribution in [0.25, 0.3) is 10.2 Å². The zero-order chi connectivity index (χ0) is 11.8. The number of rotatable bonds is 3. The minimum absolute atomic E-state index is 0.236. The van der Waals surface area contributed by atoms with Crippen molar-refractivity contribution in [3.05, 3.63) is 29.3 Å². The number of fused-ring (bicyclic) bond motifs is 1. The maximum absolute atomic E-state index is 10.2. The van der Waals surface area contributed by atoms with Crippen LogP contribution in [0.1, 0.15) is 25.8 Å². The number of aliphatic hydroxyl groups is 1. The average Bonchev–Trinajstić information content (AvgIpc) is 2.58. The Morgan fingerprint density at radius 2 is 2.06 bits per heavy atom. The number of para-hydroxylation sites is 1. The molecule has 0 aliphatic rings. The average molecular weight is 235 g/mol. The van der Waals surface area contributed by atoms with Crippen molar-refractivity contribution < 1.29 is 5.11 Å². The molecule has 0 saturated carbocycles. The van der Waals surface area contributed by atoms with E-state index in [9.17, 15) is 5.11 Å². The quantitative estimate of drug-likeness (QED) is 0.886. The predicted octanol–water partition coefficient (Wildman–Crippen LogP) is 3.25. The van der Waals surface area contributed by atoms with Crippen molar-refractivity contribution in [2.24, 2.45) is 5.92 Å². The lowest BCUT2D eigenvalue weighted by Crippen LogP contribution is -2.33. The molecule has 1 unspecified atom stereocenters. The molecule has 0 aliphatic carbocycles. The van der Waals surface area contributed by atoms with Crippen LogP contribution in [0.15, 0.2) is 24.3 Å². The first-order chi connectivity index (χ1) is 7.49. The molecule has 3 heteroatoms. The van der Waals surface area contributed by atoms with Crippen molar-refractivity contribution in [2.75, 3.05) is 0 Å². The molecule has 1 aromatic carbocycles. The summed E-state index contributed by atoms with van der Waals surface area (Å²) in [5, 5.41) is 11.3. The Labute approximate surface area is 100.0 Å². The molecule has 1 N–H and O–H groups in total. The Kier molecular flexibility index (Phi) is 3.00. The van der Waals surface area contributed by atoms with Crippen LogP contribution < -0.4 is 0 Å². The van der Waals surface area contributed by atoms with E-state index in [4.69, 9.17) is 0 Å². The van der Waals surface area contributed by atoms with Crippen molar-refractivity contribution in [1.82, 2.24) is 4.98 Å². The maximum Gasteiger partial charge on any atom is 0.0967 e. The van der Waals surface area contributed by atoms with Gasteiger partial charge in [-0.25, -0.2) is 4.98 Å². The summed E-state index contributed by atoms with van der Waals surface area (Å²) in [4.78, 5) is 4.54. The van der Waals surface area contributed by atoms with Gasteiger partial charge in [-0.1, -0.05) is 26.0 Å². The molecule has 0 fully saturated rings. The molecule has 0 saturated heterocycles. The van der Waals surface area contributed by atoms with Crippen molar-refractivity contribution >= 4 is 21.6 Å². The summed E-state index contributed by atoms with van der Waals surface area (Å²) in [6.07, 6.45) is 0.629. The zero-order valence-electron chi connectivity index (χ0n) is 9.90. The van der Waals surface area contributed by atoms with Gasteiger partial charge in [-0.2, -0.15) is 0 Å². The molecule has 1 atom stereocenters. The van der Waals surface area contributed by atoms with Crippen molar-refractivity contribution in [3.8, 4) is 0 Å². The van der Waals surface area contributed by atoms with Gasteiger partial charge in [0.25, 0.3) is 0 Å². The van der Waals surface area contributed by atoms with Crippen molar-refractivity contribution in [3.63, 3.8) is 0 Å². The van der Waals surface area contributed by atoms with E-state index in [1.165, 1.54) is 4.70 Å². The molecular formula is C13H17NOS. The van der Waals surface area contributed by atoms with Gasteiger partial charge in [0.1, 0.15) is 0 Å². The number of hydrogen-bond donors (Lipinski definition) is 1. The number of nitrogens with zero attached hydrogens (tertiary/aromatic N) is 1. The SMILES string of the molecule is CC(C)C(C)(O)Cc1nc2ccccc2s1. The van der Waals surface area contributed by atoms with Crippen LogP contribution in [-0.2, 0) is 6.42 Å². The minimum atomic E-state index is -0.673. The van der Waals surface area contributed by atoms with Gasteiger partial charge in [-0.15, -0.1) is 11.3 Å². The van der Waals surface area contributed by atoms with Crippen molar-refractivity contribution in [1.29, 1.82) is 0 Å². The molecule has 0 bridgehead atoms. The van der Waals surface area contributed by atoms with Gasteiger partial charge in [0.05, 0.1) is 20.8 Å². The van der Waals surface area contributed by atoms with Crippen LogP contribution in [0.3, 0.4) is 0 Å². The van der Waals surface area contributed by atoms with E-state index in [0.717, 1.165) is 10.5 Å². The molecule has 0 spiro atoms. The molecule has 2 nitrogen and oxygen atoms in total. The molecule has 1 aromatic heterocycles. The van der Waals surface area contributed by atoms with E-state index in [1.807, 2.05) is 39.0 Å². The molecule has 0 amide bonds. The Bertz CT molecular complexity index is 454. The summed E-state index contributed by atoms with van der Waals surface area (Å²) < 4.78 is 1.19. The second-order valence-corrected chi connectivity index (χ2v) is 5.88. The van der Waals surface area contributed by atoms with Crippen LogP contribution in [0.4, 0.5) is 0 Å². The second-order valence-electron chi connectivity index (χ2n) is 4.76. The monoisotopic (exact) mass is 235 g/mol. The predicted molar refractivity (Wildman–Crippen MR) is 68.8 cm³/mol. The highest BCUT2D eigenvalue weighted by molar-refractivity contribution is 7.18. The fraction of sp³-hybridized carbons (Fsp3) is 0.462. The third-order valence-electron chi connectivity index (χ3n) is 3.09. The maximum atomic E-state index is 10.2. The van der Waals surface area contributed by atoms with Gasteiger partial charge in [0.15, 0.2) is 0 Å². The Balaban J connectivity index is 2.28. The van der Waals surface area contributed by atoms with E-state index in [1.54, 1.807) is 11.3 Å². The summed E-state index contributed by atoms with van der Waals surface area (Å²) in [5.74, 6) is 0.236. The summed E-state index contributed by atoms with van der Waals surface area (Å²) in [5.41, 5.74) is 0.357. The van der Waals surface area contributed by atoms with E-state index in [2.05, 4.69) is 11.1 Å². The van der Waals surface area contributed by atoms with E-state index >= 15 is 0 Å². The van der Waals surface area contributed by atoms with Crippen molar-refractivity contribution in [2.45, 2.75) is 32.8 Å². The number of thiazole rings is 1. The van der Waals surface area contributed by atoms with Gasteiger partial charge in [-0.05, 0) is 25.0 Å². The fourth-order valence-corrected chi connectivity index (χ4v) is 2.63. The van der Waals surface area contributed by atoms with E-state index in [0.29, 0.717) is 6.42 Å². The van der Waals surface area contributed by atoms with Crippen LogP contribution in [-0.4, -0.2) is 15.7 Å². The lowest BCUT2D eigenvalue weighted by Gasteiger charge is -2.26. The molecule has 86 valence electrons. The third kappa shape index (κ3) is 2.25. The minimum Gasteiger partial charge on any atom is -0.389 e. The number of aromatic nitrogens is 1. The van der Waals surface area contributed by atoms with Crippen LogP contribution in [0.5, 0.6) is 0 Å². The molecule has 2 rings (SSSR count). The van der Waals surface area contributed by atoms with E-state index < -0.39 is 5.60 Å². The highest BCUT2D eigenvalue weighted by Gasteiger charge is 2.26. The van der Waals surface area contributed by atoms with Gasteiger partial charge in [-0.3, -0.25) is 0 Å². The molecule has 0 aliphatic heterocycles. The summed E-state index contributed by atoms with van der Waals surface area (Å²) in [6, 6.07) is 8.09. The van der Waals surface area contributed by atoms with Gasteiger partial charge < -0.3 is 5.11 Å². The summed E-state index contributed by atoms with van der Waals surface area (Å²) in [6.45, 7) is 5.95. The molecule has 16 heavy (non-hydrogen) atoms. The first-order valence-electron chi connectivity index (χ1n) is 5.56. The Hall–Kier alpha value is -0.930. The Morgan fingerprint density at radius 1 is 1.38 bits per heavy atom. The number of benzene rings is 1. The first kappa shape index (κ1) is 11.6. The zero-order valence-corrected chi connectivity index (χ0v) is 10.7. The second kappa shape index (κ2) is 4.15. The highest BCUT2D eigenvalue weighted by atomic mass is 32.1. The molecule has 1 heterocycles. The first-order valence-corrected chi connectivity index (χ1v) is 6.37. The molecule has 2 aromatic rings. The van der Waals surface area contributed by atoms with Gasteiger partial charge in [0.2, 0.25) is 0 Å². The Morgan fingerprint density at radius 3 is 2.69 bits per heavy atom. The molecule has 0 radical (unpaired) electrons.